The van der Waals surface area contributed by atoms with Crippen molar-refractivity contribution in [1.29, 1.82) is 0 Å². The first-order valence-corrected chi connectivity index (χ1v) is 5.30. The van der Waals surface area contributed by atoms with Crippen LogP contribution in [0, 0.1) is 0 Å². The Kier molecular flexibility index (Phi) is 3.88. The number of amides is 2. The van der Waals surface area contributed by atoms with Crippen molar-refractivity contribution in [3.8, 4) is 0 Å². The molecule has 0 radical (unpaired) electrons. The lowest BCUT2D eigenvalue weighted by Crippen LogP contribution is -2.18. The summed E-state index contributed by atoms with van der Waals surface area (Å²) in [6.45, 7) is 8.88. The van der Waals surface area contributed by atoms with E-state index in [1.165, 1.54) is 0 Å². The van der Waals surface area contributed by atoms with E-state index in [9.17, 15) is 9.59 Å². The van der Waals surface area contributed by atoms with Crippen molar-refractivity contribution in [2.45, 2.75) is 12.8 Å². The van der Waals surface area contributed by atoms with Gasteiger partial charge in [-0.3, -0.25) is 9.59 Å². The molecule has 4 nitrogen and oxygen atoms in total. The Morgan fingerprint density at radius 3 is 1.25 bits per heavy atom. The van der Waals surface area contributed by atoms with Gasteiger partial charge in [-0.25, -0.2) is 0 Å². The normalized spacial score (nSPS) is 20.4. The molecule has 4 heteroatoms. The molecule has 2 heterocycles. The molecule has 0 atom stereocenters. The van der Waals surface area contributed by atoms with Gasteiger partial charge < -0.3 is 9.80 Å². The molecular formula is C12H18N2O2. The fourth-order valence-corrected chi connectivity index (χ4v) is 1.56. The predicted molar refractivity (Wildman–Crippen MR) is 62.8 cm³/mol. The van der Waals surface area contributed by atoms with Crippen molar-refractivity contribution in [3.63, 3.8) is 0 Å². The molecule has 2 amide bonds. The minimum atomic E-state index is 0.102. The van der Waals surface area contributed by atoms with Gasteiger partial charge in [0.2, 0.25) is 11.8 Å². The number of likely N-dealkylation sites (tertiary alicyclic amines) is 2. The second kappa shape index (κ2) is 4.96. The molecule has 2 saturated heterocycles. The summed E-state index contributed by atoms with van der Waals surface area (Å²) >= 11 is 0. The summed E-state index contributed by atoms with van der Waals surface area (Å²) in [5, 5.41) is 0. The maximum Gasteiger partial charge on any atom is 0.248 e. The Balaban J connectivity index is 0.000000160. The van der Waals surface area contributed by atoms with Gasteiger partial charge in [0.1, 0.15) is 0 Å². The minimum absolute atomic E-state index is 0.102. The van der Waals surface area contributed by atoms with Crippen LogP contribution < -0.4 is 0 Å². The summed E-state index contributed by atoms with van der Waals surface area (Å²) in [7, 11) is 3.58. The number of hydrogen-bond acceptors (Lipinski definition) is 2. The first-order valence-electron chi connectivity index (χ1n) is 5.30. The third-order valence-electron chi connectivity index (χ3n) is 2.80. The number of carbonyl (C=O) groups is 2. The van der Waals surface area contributed by atoms with Gasteiger partial charge in [-0.1, -0.05) is 13.2 Å². The van der Waals surface area contributed by atoms with Crippen LogP contribution in [-0.4, -0.2) is 48.8 Å². The Morgan fingerprint density at radius 2 is 1.19 bits per heavy atom. The largest absolute Gasteiger partial charge is 0.342 e. The summed E-state index contributed by atoms with van der Waals surface area (Å²) in [4.78, 5) is 24.8. The predicted octanol–water partition coefficient (Wildman–Crippen LogP) is 0.809. The SMILES string of the molecule is C=C1CCN(C)C1=O.C=C1CCN(C)C1=O. The molecule has 0 N–H and O–H groups in total. The van der Waals surface area contributed by atoms with Gasteiger partial charge in [0.15, 0.2) is 0 Å². The van der Waals surface area contributed by atoms with Crippen LogP contribution in [0.5, 0.6) is 0 Å². The minimum Gasteiger partial charge on any atom is -0.342 e. The molecule has 0 aromatic heterocycles. The van der Waals surface area contributed by atoms with Gasteiger partial charge in [-0.2, -0.15) is 0 Å². The van der Waals surface area contributed by atoms with Gasteiger partial charge >= 0.3 is 0 Å². The van der Waals surface area contributed by atoms with Gasteiger partial charge in [0.05, 0.1) is 0 Å². The average Bonchev–Trinajstić information content (AvgIpc) is 2.70. The summed E-state index contributed by atoms with van der Waals surface area (Å²) in [6, 6.07) is 0. The third kappa shape index (κ3) is 2.72. The number of rotatable bonds is 0. The summed E-state index contributed by atoms with van der Waals surface area (Å²) in [6.07, 6.45) is 1.69. The Labute approximate surface area is 96.2 Å². The van der Waals surface area contributed by atoms with Crippen molar-refractivity contribution in [2.75, 3.05) is 27.2 Å². The molecule has 0 unspecified atom stereocenters. The van der Waals surface area contributed by atoms with E-state index in [4.69, 9.17) is 0 Å². The second-order valence-electron chi connectivity index (χ2n) is 4.16. The lowest BCUT2D eigenvalue weighted by Gasteiger charge is -2.03. The van der Waals surface area contributed by atoms with Crippen LogP contribution in [-0.2, 0) is 9.59 Å². The maximum absolute atomic E-state index is 10.7. The van der Waals surface area contributed by atoms with Gasteiger partial charge in [-0.15, -0.1) is 0 Å². The molecule has 0 aromatic rings. The Bertz CT molecular complexity index is 313. The average molecular weight is 222 g/mol. The Hall–Kier alpha value is -1.58. The first-order chi connectivity index (χ1) is 7.43. The van der Waals surface area contributed by atoms with E-state index in [1.807, 2.05) is 0 Å². The van der Waals surface area contributed by atoms with Crippen LogP contribution in [0.4, 0.5) is 0 Å². The first kappa shape index (κ1) is 12.5. The van der Waals surface area contributed by atoms with Crippen molar-refractivity contribution in [2.24, 2.45) is 0 Å². The number of hydrogen-bond donors (Lipinski definition) is 0. The van der Waals surface area contributed by atoms with Crippen LogP contribution in [0.25, 0.3) is 0 Å². The summed E-state index contributed by atoms with van der Waals surface area (Å²) < 4.78 is 0. The highest BCUT2D eigenvalue weighted by Crippen LogP contribution is 2.11. The van der Waals surface area contributed by atoms with Crippen molar-refractivity contribution >= 4 is 11.8 Å². The molecule has 0 aromatic carbocycles. The van der Waals surface area contributed by atoms with Crippen LogP contribution in [0.1, 0.15) is 12.8 Å². The number of nitrogens with zero attached hydrogens (tertiary/aromatic N) is 2. The second-order valence-corrected chi connectivity index (χ2v) is 4.16. The van der Waals surface area contributed by atoms with E-state index < -0.39 is 0 Å². The zero-order valence-electron chi connectivity index (χ0n) is 9.95. The quantitative estimate of drug-likeness (QED) is 0.569. The number of likely N-dealkylation sites (N-methyl/N-ethyl adjacent to an activating group) is 2. The maximum atomic E-state index is 10.7. The fourth-order valence-electron chi connectivity index (χ4n) is 1.56. The third-order valence-corrected chi connectivity index (χ3v) is 2.80. The van der Waals surface area contributed by atoms with Gasteiger partial charge in [-0.05, 0) is 12.8 Å². The van der Waals surface area contributed by atoms with Crippen molar-refractivity contribution in [3.05, 3.63) is 24.3 Å². The van der Waals surface area contributed by atoms with Crippen LogP contribution in [0.15, 0.2) is 24.3 Å². The topological polar surface area (TPSA) is 40.6 Å². The van der Waals surface area contributed by atoms with E-state index in [1.54, 1.807) is 23.9 Å². The molecule has 16 heavy (non-hydrogen) atoms. The van der Waals surface area contributed by atoms with Crippen LogP contribution in [0.3, 0.4) is 0 Å². The van der Waals surface area contributed by atoms with Gasteiger partial charge in [0, 0.05) is 38.3 Å². The molecule has 2 aliphatic rings. The highest BCUT2D eigenvalue weighted by Gasteiger charge is 2.19. The Morgan fingerprint density at radius 1 is 0.875 bits per heavy atom. The lowest BCUT2D eigenvalue weighted by molar-refractivity contribution is -0.124. The smallest absolute Gasteiger partial charge is 0.248 e. The van der Waals surface area contributed by atoms with Crippen LogP contribution >= 0.6 is 0 Å². The molecule has 0 bridgehead atoms. The summed E-state index contributed by atoms with van der Waals surface area (Å²) in [5.41, 5.74) is 1.49. The molecule has 0 aliphatic carbocycles. The zero-order valence-corrected chi connectivity index (χ0v) is 9.95. The van der Waals surface area contributed by atoms with Crippen LogP contribution in [0.2, 0.25) is 0 Å². The van der Waals surface area contributed by atoms with E-state index in [-0.39, 0.29) is 11.8 Å². The van der Waals surface area contributed by atoms with E-state index in [0.29, 0.717) is 0 Å². The molecule has 0 saturated carbocycles. The molecule has 2 rings (SSSR count). The molecule has 0 spiro atoms. The fraction of sp³-hybridized carbons (Fsp3) is 0.500. The zero-order chi connectivity index (χ0) is 12.3. The highest BCUT2D eigenvalue weighted by molar-refractivity contribution is 5.95. The lowest BCUT2D eigenvalue weighted by atomic mass is 10.3. The highest BCUT2D eigenvalue weighted by atomic mass is 16.2. The van der Waals surface area contributed by atoms with Crippen molar-refractivity contribution in [1.82, 2.24) is 9.80 Å². The van der Waals surface area contributed by atoms with E-state index in [2.05, 4.69) is 13.2 Å². The standard InChI is InChI=1S/2C6H9NO/c2*1-5-3-4-7(2)6(5)8/h2*1,3-4H2,2H3. The molecule has 2 fully saturated rings. The molecule has 88 valence electrons. The van der Waals surface area contributed by atoms with E-state index in [0.717, 1.165) is 37.1 Å². The van der Waals surface area contributed by atoms with Gasteiger partial charge in [0.25, 0.3) is 0 Å². The number of carbonyl (C=O) groups excluding carboxylic acids is 2. The van der Waals surface area contributed by atoms with Crippen molar-refractivity contribution < 1.29 is 9.59 Å². The van der Waals surface area contributed by atoms with E-state index >= 15 is 0 Å². The monoisotopic (exact) mass is 222 g/mol. The molecule has 2 aliphatic heterocycles. The molecular weight excluding hydrogens is 204 g/mol. The summed E-state index contributed by atoms with van der Waals surface area (Å²) in [5.74, 6) is 0.204.